The first-order valence-electron chi connectivity index (χ1n) is 5.74. The molecular formula is C13H16N2O2. The van der Waals surface area contributed by atoms with Crippen LogP contribution >= 0.6 is 0 Å². The molecule has 0 saturated heterocycles. The summed E-state index contributed by atoms with van der Waals surface area (Å²) in [5.74, 6) is 0.266. The van der Waals surface area contributed by atoms with Crippen LogP contribution in [0, 0.1) is 12.8 Å². The van der Waals surface area contributed by atoms with Gasteiger partial charge in [-0.1, -0.05) is 0 Å². The van der Waals surface area contributed by atoms with E-state index in [0.717, 1.165) is 18.4 Å². The smallest absolute Gasteiger partial charge is 0.260 e. The number of rotatable bonds is 4. The van der Waals surface area contributed by atoms with E-state index in [-0.39, 0.29) is 5.91 Å². The topological polar surface area (TPSA) is 63.4 Å². The van der Waals surface area contributed by atoms with Crippen LogP contribution < -0.4 is 5.73 Å². The van der Waals surface area contributed by atoms with E-state index in [4.69, 9.17) is 5.73 Å². The second kappa shape index (κ2) is 4.57. The summed E-state index contributed by atoms with van der Waals surface area (Å²) in [5, 5.41) is 0. The van der Waals surface area contributed by atoms with Crippen molar-refractivity contribution in [3.05, 3.63) is 29.3 Å². The monoisotopic (exact) mass is 232 g/mol. The van der Waals surface area contributed by atoms with Crippen LogP contribution in [0.3, 0.4) is 0 Å². The molecule has 1 saturated carbocycles. The van der Waals surface area contributed by atoms with E-state index in [0.29, 0.717) is 30.1 Å². The SMILES string of the molecule is Cc1cc(N)ccc1C(=O)N(C=O)CC1CC1. The Labute approximate surface area is 100 Å². The van der Waals surface area contributed by atoms with Gasteiger partial charge in [-0.2, -0.15) is 0 Å². The number of aryl methyl sites for hydroxylation is 1. The van der Waals surface area contributed by atoms with Crippen LogP contribution in [-0.2, 0) is 4.79 Å². The summed E-state index contributed by atoms with van der Waals surface area (Å²) in [6, 6.07) is 5.10. The highest BCUT2D eigenvalue weighted by molar-refractivity contribution is 6.01. The lowest BCUT2D eigenvalue weighted by molar-refractivity contribution is -0.116. The van der Waals surface area contributed by atoms with Gasteiger partial charge >= 0.3 is 0 Å². The molecule has 0 aromatic heterocycles. The highest BCUT2D eigenvalue weighted by Gasteiger charge is 2.27. The van der Waals surface area contributed by atoms with Crippen LogP contribution in [0.4, 0.5) is 5.69 Å². The molecule has 1 fully saturated rings. The van der Waals surface area contributed by atoms with Crippen molar-refractivity contribution in [2.75, 3.05) is 12.3 Å². The van der Waals surface area contributed by atoms with Gasteiger partial charge in [0.1, 0.15) is 0 Å². The third-order valence-corrected chi connectivity index (χ3v) is 3.02. The number of imide groups is 1. The number of nitrogens with two attached hydrogens (primary N) is 1. The number of benzene rings is 1. The Morgan fingerprint density at radius 2 is 2.24 bits per heavy atom. The van der Waals surface area contributed by atoms with Crippen molar-refractivity contribution < 1.29 is 9.59 Å². The number of carbonyl (C=O) groups is 2. The molecule has 1 aliphatic carbocycles. The van der Waals surface area contributed by atoms with E-state index in [2.05, 4.69) is 0 Å². The predicted molar refractivity (Wildman–Crippen MR) is 65.4 cm³/mol. The van der Waals surface area contributed by atoms with Crippen molar-refractivity contribution in [2.45, 2.75) is 19.8 Å². The molecule has 0 unspecified atom stereocenters. The van der Waals surface area contributed by atoms with Crippen molar-refractivity contribution in [3.63, 3.8) is 0 Å². The molecule has 0 bridgehead atoms. The molecule has 2 N–H and O–H groups in total. The van der Waals surface area contributed by atoms with Gasteiger partial charge in [0, 0.05) is 17.8 Å². The van der Waals surface area contributed by atoms with Gasteiger partial charge in [-0.05, 0) is 49.4 Å². The Morgan fingerprint density at radius 1 is 1.53 bits per heavy atom. The fourth-order valence-electron chi connectivity index (χ4n) is 1.83. The molecule has 90 valence electrons. The van der Waals surface area contributed by atoms with Crippen molar-refractivity contribution in [1.29, 1.82) is 0 Å². The average Bonchev–Trinajstić information content (AvgIpc) is 3.09. The maximum Gasteiger partial charge on any atom is 0.260 e. The van der Waals surface area contributed by atoms with E-state index < -0.39 is 0 Å². The van der Waals surface area contributed by atoms with E-state index >= 15 is 0 Å². The van der Waals surface area contributed by atoms with Gasteiger partial charge < -0.3 is 5.73 Å². The number of carbonyl (C=O) groups excluding carboxylic acids is 2. The minimum atomic E-state index is -0.232. The maximum absolute atomic E-state index is 12.1. The first-order chi connectivity index (χ1) is 8.11. The number of anilines is 1. The van der Waals surface area contributed by atoms with E-state index in [9.17, 15) is 9.59 Å². The van der Waals surface area contributed by atoms with Gasteiger partial charge in [-0.15, -0.1) is 0 Å². The van der Waals surface area contributed by atoms with Crippen molar-refractivity contribution in [2.24, 2.45) is 5.92 Å². The fourth-order valence-corrected chi connectivity index (χ4v) is 1.83. The lowest BCUT2D eigenvalue weighted by Gasteiger charge is -2.16. The molecule has 0 atom stereocenters. The second-order valence-electron chi connectivity index (χ2n) is 4.58. The van der Waals surface area contributed by atoms with Crippen LogP contribution in [0.1, 0.15) is 28.8 Å². The fraction of sp³-hybridized carbons (Fsp3) is 0.385. The normalized spacial score (nSPS) is 14.4. The summed E-state index contributed by atoms with van der Waals surface area (Å²) in [5.41, 5.74) is 7.61. The molecule has 4 heteroatoms. The molecule has 4 nitrogen and oxygen atoms in total. The number of amides is 2. The molecule has 1 aromatic rings. The second-order valence-corrected chi connectivity index (χ2v) is 4.58. The van der Waals surface area contributed by atoms with Crippen molar-refractivity contribution >= 4 is 18.0 Å². The van der Waals surface area contributed by atoms with E-state index in [1.54, 1.807) is 18.2 Å². The standard InChI is InChI=1S/C13H16N2O2/c1-9-6-11(14)4-5-12(9)13(17)15(8-16)7-10-2-3-10/h4-6,8,10H,2-3,7,14H2,1H3. The zero-order valence-corrected chi connectivity index (χ0v) is 9.85. The Hall–Kier alpha value is -1.84. The third kappa shape index (κ3) is 2.64. The summed E-state index contributed by atoms with van der Waals surface area (Å²) < 4.78 is 0. The lowest BCUT2D eigenvalue weighted by atomic mass is 10.1. The van der Waals surface area contributed by atoms with Gasteiger partial charge in [0.2, 0.25) is 6.41 Å². The first kappa shape index (κ1) is 11.6. The Bertz CT molecular complexity index is 453. The van der Waals surface area contributed by atoms with Gasteiger partial charge in [0.15, 0.2) is 0 Å². The average molecular weight is 232 g/mol. The molecule has 1 aromatic carbocycles. The number of hydrogen-bond donors (Lipinski definition) is 1. The molecule has 0 spiro atoms. The molecule has 2 rings (SSSR count). The highest BCUT2D eigenvalue weighted by atomic mass is 16.2. The first-order valence-corrected chi connectivity index (χ1v) is 5.74. The molecule has 17 heavy (non-hydrogen) atoms. The molecule has 0 heterocycles. The minimum Gasteiger partial charge on any atom is -0.399 e. The zero-order valence-electron chi connectivity index (χ0n) is 9.85. The number of nitrogen functional groups attached to an aromatic ring is 1. The predicted octanol–water partition coefficient (Wildman–Crippen LogP) is 1.59. The Morgan fingerprint density at radius 3 is 2.76 bits per heavy atom. The van der Waals surface area contributed by atoms with Crippen LogP contribution in [0.2, 0.25) is 0 Å². The summed E-state index contributed by atoms with van der Waals surface area (Å²) in [6.07, 6.45) is 2.84. The highest BCUT2D eigenvalue weighted by Crippen LogP contribution is 2.30. The molecule has 0 aliphatic heterocycles. The van der Waals surface area contributed by atoms with Gasteiger partial charge in [0.05, 0.1) is 0 Å². The summed E-state index contributed by atoms with van der Waals surface area (Å²) in [4.78, 5) is 24.3. The van der Waals surface area contributed by atoms with Crippen LogP contribution in [0.15, 0.2) is 18.2 Å². The van der Waals surface area contributed by atoms with Gasteiger partial charge in [-0.3, -0.25) is 14.5 Å². The van der Waals surface area contributed by atoms with Crippen LogP contribution in [0.25, 0.3) is 0 Å². The largest absolute Gasteiger partial charge is 0.399 e. The molecular weight excluding hydrogens is 216 g/mol. The Kier molecular flexibility index (Phi) is 3.13. The summed E-state index contributed by atoms with van der Waals surface area (Å²) >= 11 is 0. The minimum absolute atomic E-state index is 0.232. The molecule has 2 amide bonds. The quantitative estimate of drug-likeness (QED) is 0.633. The van der Waals surface area contributed by atoms with E-state index in [1.807, 2.05) is 6.92 Å². The lowest BCUT2D eigenvalue weighted by Crippen LogP contribution is -2.32. The zero-order chi connectivity index (χ0) is 12.4. The van der Waals surface area contributed by atoms with Crippen LogP contribution in [0.5, 0.6) is 0 Å². The summed E-state index contributed by atoms with van der Waals surface area (Å²) in [7, 11) is 0. The van der Waals surface area contributed by atoms with Crippen molar-refractivity contribution in [3.8, 4) is 0 Å². The number of hydrogen-bond acceptors (Lipinski definition) is 3. The van der Waals surface area contributed by atoms with E-state index in [1.165, 1.54) is 4.90 Å². The van der Waals surface area contributed by atoms with Crippen molar-refractivity contribution in [1.82, 2.24) is 4.90 Å². The van der Waals surface area contributed by atoms with Crippen LogP contribution in [-0.4, -0.2) is 23.8 Å². The molecule has 0 radical (unpaired) electrons. The Balaban J connectivity index is 2.18. The summed E-state index contributed by atoms with van der Waals surface area (Å²) in [6.45, 7) is 2.36. The van der Waals surface area contributed by atoms with Gasteiger partial charge in [0.25, 0.3) is 5.91 Å². The molecule has 1 aliphatic rings. The van der Waals surface area contributed by atoms with Gasteiger partial charge in [-0.25, -0.2) is 0 Å². The number of nitrogens with zero attached hydrogens (tertiary/aromatic N) is 1. The third-order valence-electron chi connectivity index (χ3n) is 3.02. The maximum atomic E-state index is 12.1.